The van der Waals surface area contributed by atoms with Gasteiger partial charge in [-0.25, -0.2) is 9.18 Å². The zero-order valence-corrected chi connectivity index (χ0v) is 28.1. The van der Waals surface area contributed by atoms with Crippen LogP contribution < -0.4 is 16.0 Å². The molecule has 256 valence electrons. The summed E-state index contributed by atoms with van der Waals surface area (Å²) in [4.78, 5) is 44.1. The van der Waals surface area contributed by atoms with E-state index in [0.717, 1.165) is 25.0 Å². The van der Waals surface area contributed by atoms with Crippen LogP contribution in [-0.4, -0.2) is 53.6 Å². The van der Waals surface area contributed by atoms with Crippen LogP contribution in [0.5, 0.6) is 0 Å². The Balaban J connectivity index is 1.20. The molecule has 0 radical (unpaired) electrons. The number of ether oxygens (including phenoxy) is 2. The number of amides is 3. The molecule has 3 aromatic rings. The minimum atomic E-state index is -0.613. The topological polar surface area (TPSA) is 143 Å². The Bertz CT molecular complexity index is 1810. The molecule has 3 amide bonds. The van der Waals surface area contributed by atoms with Gasteiger partial charge in [-0.05, 0) is 67.6 Å². The molecule has 3 N–H and O–H groups in total. The van der Waals surface area contributed by atoms with E-state index in [1.54, 1.807) is 37.4 Å². The highest BCUT2D eigenvalue weighted by Gasteiger charge is 2.33. The highest BCUT2D eigenvalue weighted by Crippen LogP contribution is 2.34. The number of hydrogen-bond donors (Lipinski definition) is 3. The van der Waals surface area contributed by atoms with Crippen molar-refractivity contribution in [2.75, 3.05) is 23.8 Å². The fraction of sp³-hybridized carbons (Fsp3) is 0.389. The Morgan fingerprint density at radius 2 is 1.92 bits per heavy atom. The number of fused-ring (bicyclic) bond motifs is 4. The van der Waals surface area contributed by atoms with E-state index in [1.165, 1.54) is 6.07 Å². The molecular formula is C36H38ClFN6O5. The average Bonchev–Trinajstić information content (AvgIpc) is 3.75. The van der Waals surface area contributed by atoms with Crippen LogP contribution in [0.1, 0.15) is 69.7 Å². The summed E-state index contributed by atoms with van der Waals surface area (Å²) < 4.78 is 25.7. The van der Waals surface area contributed by atoms with Crippen LogP contribution in [0.3, 0.4) is 0 Å². The summed E-state index contributed by atoms with van der Waals surface area (Å²) in [5.41, 5.74) is 3.74. The van der Waals surface area contributed by atoms with E-state index < -0.39 is 29.8 Å². The lowest BCUT2D eigenvalue weighted by Crippen LogP contribution is -2.38. The SMILES string of the molecule is CC1C(C(=O)N[C@H]2CCC[C@@H](C)C(=O)Nc3cc(NC(=O)OCCC4CCCO4)ccc3-c3ccnc2c3)=NN=C1c1cccc(Cl)c1F. The van der Waals surface area contributed by atoms with Crippen LogP contribution in [-0.2, 0) is 19.1 Å². The third-order valence-electron chi connectivity index (χ3n) is 9.10. The fourth-order valence-corrected chi connectivity index (χ4v) is 6.45. The van der Waals surface area contributed by atoms with Crippen LogP contribution in [0.15, 0.2) is 64.9 Å². The smallest absolute Gasteiger partial charge is 0.411 e. The summed E-state index contributed by atoms with van der Waals surface area (Å²) in [6, 6.07) is 13.1. The van der Waals surface area contributed by atoms with E-state index in [2.05, 4.69) is 31.1 Å². The van der Waals surface area contributed by atoms with E-state index in [4.69, 9.17) is 21.1 Å². The molecule has 1 fully saturated rings. The second kappa shape index (κ2) is 15.3. The van der Waals surface area contributed by atoms with E-state index in [9.17, 15) is 18.8 Å². The first-order chi connectivity index (χ1) is 23.7. The summed E-state index contributed by atoms with van der Waals surface area (Å²) in [6.07, 6.45) is 5.50. The lowest BCUT2D eigenvalue weighted by molar-refractivity contribution is -0.119. The maximum Gasteiger partial charge on any atom is 0.411 e. The number of halogens is 2. The van der Waals surface area contributed by atoms with Gasteiger partial charge in [0, 0.05) is 42.0 Å². The van der Waals surface area contributed by atoms with Gasteiger partial charge in [0.25, 0.3) is 5.91 Å². The second-order valence-electron chi connectivity index (χ2n) is 12.6. The number of carbonyl (C=O) groups excluding carboxylic acids is 3. The molecule has 0 saturated carbocycles. The molecule has 11 nitrogen and oxygen atoms in total. The summed E-state index contributed by atoms with van der Waals surface area (Å²) in [6.45, 7) is 4.58. The number of nitrogens with one attached hydrogen (secondary N) is 3. The quantitative estimate of drug-likeness (QED) is 0.242. The van der Waals surface area contributed by atoms with E-state index in [0.29, 0.717) is 54.0 Å². The van der Waals surface area contributed by atoms with Gasteiger partial charge in [0.1, 0.15) is 5.71 Å². The van der Waals surface area contributed by atoms with Gasteiger partial charge < -0.3 is 20.1 Å². The summed E-state index contributed by atoms with van der Waals surface area (Å²) in [7, 11) is 0. The molecule has 6 rings (SSSR count). The van der Waals surface area contributed by atoms with Gasteiger partial charge in [-0.1, -0.05) is 44.0 Å². The van der Waals surface area contributed by atoms with E-state index >= 15 is 0 Å². The van der Waals surface area contributed by atoms with Crippen molar-refractivity contribution in [3.8, 4) is 11.1 Å². The van der Waals surface area contributed by atoms with Crippen molar-refractivity contribution in [3.63, 3.8) is 0 Å². The van der Waals surface area contributed by atoms with Crippen molar-refractivity contribution >= 4 is 52.3 Å². The molecule has 2 unspecified atom stereocenters. The number of pyridine rings is 1. The third kappa shape index (κ3) is 7.97. The molecule has 1 aromatic heterocycles. The normalized spacial score (nSPS) is 22.1. The van der Waals surface area contributed by atoms with Gasteiger partial charge in [-0.2, -0.15) is 5.10 Å². The first-order valence-electron chi connectivity index (χ1n) is 16.5. The standard InChI is InChI=1S/C36H38ClFN6O5/c1-20-6-3-10-28(41-35(46)33-21(2)32(43-44-33)26-8-4-9-27(37)31(26)38)30-18-22(13-15-39-30)25-12-11-23(19-29(25)42-34(20)45)40-36(47)49-17-14-24-7-5-16-48-24/h4,8-9,11-13,15,18-21,24,28H,3,5-7,10,14,16-17H2,1-2H3,(H,40,47)(H,41,46)(H,42,45)/t20-,21?,24?,28+/m1/s1. The van der Waals surface area contributed by atoms with Crippen LogP contribution in [0.25, 0.3) is 11.1 Å². The second-order valence-corrected chi connectivity index (χ2v) is 13.0. The van der Waals surface area contributed by atoms with Gasteiger partial charge in [-0.3, -0.25) is 19.9 Å². The molecule has 0 spiro atoms. The molecule has 3 aliphatic heterocycles. The largest absolute Gasteiger partial charge is 0.449 e. The molecule has 13 heteroatoms. The van der Waals surface area contributed by atoms with E-state index in [-0.39, 0.29) is 40.8 Å². The van der Waals surface area contributed by atoms with E-state index in [1.807, 2.05) is 25.1 Å². The first-order valence-corrected chi connectivity index (χ1v) is 16.9. The molecule has 49 heavy (non-hydrogen) atoms. The lowest BCUT2D eigenvalue weighted by Gasteiger charge is -2.23. The Kier molecular flexibility index (Phi) is 10.6. The number of aromatic nitrogens is 1. The number of anilines is 2. The Morgan fingerprint density at radius 3 is 2.73 bits per heavy atom. The lowest BCUT2D eigenvalue weighted by atomic mass is 9.93. The molecule has 2 bridgehead atoms. The number of hydrogen-bond acceptors (Lipinski definition) is 8. The van der Waals surface area contributed by atoms with Gasteiger partial charge in [0.15, 0.2) is 5.82 Å². The molecule has 3 aliphatic rings. The highest BCUT2D eigenvalue weighted by atomic mass is 35.5. The van der Waals surface area contributed by atoms with Gasteiger partial charge in [0.2, 0.25) is 5.91 Å². The molecule has 1 saturated heterocycles. The van der Waals surface area contributed by atoms with Crippen LogP contribution in [0.2, 0.25) is 5.02 Å². The number of nitrogens with zero attached hydrogens (tertiary/aromatic N) is 3. The Hall–Kier alpha value is -4.68. The Labute approximate surface area is 288 Å². The monoisotopic (exact) mass is 688 g/mol. The summed E-state index contributed by atoms with van der Waals surface area (Å²) in [5.74, 6) is -2.13. The molecule has 4 atom stereocenters. The summed E-state index contributed by atoms with van der Waals surface area (Å²) in [5, 5.41) is 17.1. The maximum absolute atomic E-state index is 14.8. The van der Waals surface area contributed by atoms with Crippen LogP contribution >= 0.6 is 11.6 Å². The minimum absolute atomic E-state index is 0.0374. The third-order valence-corrected chi connectivity index (χ3v) is 9.39. The summed E-state index contributed by atoms with van der Waals surface area (Å²) >= 11 is 5.99. The first kappa shape index (κ1) is 34.2. The van der Waals surface area contributed by atoms with Crippen molar-refractivity contribution in [1.29, 1.82) is 0 Å². The number of benzene rings is 2. The molecule has 4 heterocycles. The molecule has 2 aromatic carbocycles. The van der Waals surface area contributed by atoms with Crippen LogP contribution in [0.4, 0.5) is 20.6 Å². The molecular weight excluding hydrogens is 651 g/mol. The average molecular weight is 689 g/mol. The highest BCUT2D eigenvalue weighted by molar-refractivity contribution is 6.45. The zero-order chi connectivity index (χ0) is 34.5. The van der Waals surface area contributed by atoms with Gasteiger partial charge in [-0.15, -0.1) is 5.10 Å². The van der Waals surface area contributed by atoms with Crippen molar-refractivity contribution in [1.82, 2.24) is 10.3 Å². The van der Waals surface area contributed by atoms with Crippen molar-refractivity contribution in [2.24, 2.45) is 22.0 Å². The number of carbonyl (C=O) groups is 3. The van der Waals surface area contributed by atoms with Gasteiger partial charge in [0.05, 0.1) is 46.8 Å². The minimum Gasteiger partial charge on any atom is -0.449 e. The van der Waals surface area contributed by atoms with Crippen molar-refractivity contribution in [3.05, 3.63) is 76.8 Å². The number of rotatable bonds is 7. The van der Waals surface area contributed by atoms with Gasteiger partial charge >= 0.3 is 6.09 Å². The zero-order valence-electron chi connectivity index (χ0n) is 27.3. The fourth-order valence-electron chi connectivity index (χ4n) is 6.28. The molecule has 0 aliphatic carbocycles. The van der Waals surface area contributed by atoms with Crippen LogP contribution in [0, 0.1) is 17.7 Å². The predicted octanol–water partition coefficient (Wildman–Crippen LogP) is 7.07. The predicted molar refractivity (Wildman–Crippen MR) is 185 cm³/mol. The van der Waals surface area contributed by atoms with Crippen molar-refractivity contribution < 1.29 is 28.2 Å². The maximum atomic E-state index is 14.8. The Morgan fingerprint density at radius 1 is 1.06 bits per heavy atom. The van der Waals surface area contributed by atoms with Crippen molar-refractivity contribution in [2.45, 2.75) is 64.5 Å².